The summed E-state index contributed by atoms with van der Waals surface area (Å²) in [6.07, 6.45) is -0.641. The highest BCUT2D eigenvalue weighted by atomic mass is 16.5. The molecule has 1 aliphatic rings. The number of amides is 1. The zero-order chi connectivity index (χ0) is 14.0. The lowest BCUT2D eigenvalue weighted by atomic mass is 9.84. The van der Waals surface area contributed by atoms with E-state index in [1.807, 2.05) is 12.1 Å². The van der Waals surface area contributed by atoms with Gasteiger partial charge in [0, 0.05) is 17.3 Å². The Kier molecular flexibility index (Phi) is 3.89. The molecule has 1 aliphatic heterocycles. The first-order valence-electron chi connectivity index (χ1n) is 6.37. The van der Waals surface area contributed by atoms with Crippen molar-refractivity contribution in [2.24, 2.45) is 11.1 Å². The van der Waals surface area contributed by atoms with Crippen LogP contribution >= 0.6 is 0 Å². The molecule has 1 aromatic rings. The van der Waals surface area contributed by atoms with Gasteiger partial charge in [-0.05, 0) is 19.9 Å². The van der Waals surface area contributed by atoms with E-state index in [9.17, 15) is 9.90 Å². The summed E-state index contributed by atoms with van der Waals surface area (Å²) in [5.74, 6) is -0.175. The molecule has 5 nitrogen and oxygen atoms in total. The first-order chi connectivity index (χ1) is 8.95. The minimum absolute atomic E-state index is 0.175. The second-order valence-corrected chi connectivity index (χ2v) is 5.26. The fourth-order valence-electron chi connectivity index (χ4n) is 2.16. The molecule has 1 saturated heterocycles. The molecule has 1 fully saturated rings. The molecule has 0 aromatic heterocycles. The summed E-state index contributed by atoms with van der Waals surface area (Å²) in [4.78, 5) is 12.4. The Bertz CT molecular complexity index is 476. The molecule has 1 amide bonds. The molecule has 19 heavy (non-hydrogen) atoms. The summed E-state index contributed by atoms with van der Waals surface area (Å²) in [5, 5.41) is 12.5. The lowest BCUT2D eigenvalue weighted by Gasteiger charge is -2.26. The highest BCUT2D eigenvalue weighted by molar-refractivity contribution is 5.96. The number of nitrogens with one attached hydrogen (secondary N) is 1. The monoisotopic (exact) mass is 264 g/mol. The van der Waals surface area contributed by atoms with Gasteiger partial charge in [0.15, 0.2) is 0 Å². The van der Waals surface area contributed by atoms with Gasteiger partial charge in [-0.15, -0.1) is 0 Å². The Morgan fingerprint density at radius 3 is 2.84 bits per heavy atom. The van der Waals surface area contributed by atoms with Gasteiger partial charge in [0.25, 0.3) is 0 Å². The van der Waals surface area contributed by atoms with E-state index in [0.717, 1.165) is 0 Å². The van der Waals surface area contributed by atoms with Crippen LogP contribution in [0, 0.1) is 5.41 Å². The van der Waals surface area contributed by atoms with Crippen LogP contribution in [0.5, 0.6) is 0 Å². The average Bonchev–Trinajstić information content (AvgIpc) is 2.71. The number of aliphatic hydroxyl groups is 1. The van der Waals surface area contributed by atoms with Crippen molar-refractivity contribution in [2.75, 3.05) is 18.5 Å². The molecule has 3 atom stereocenters. The van der Waals surface area contributed by atoms with Gasteiger partial charge in [0.1, 0.15) is 0 Å². The number of ether oxygens (including phenoxy) is 1. The minimum atomic E-state index is -0.730. The maximum atomic E-state index is 12.4. The van der Waals surface area contributed by atoms with E-state index < -0.39 is 11.5 Å². The van der Waals surface area contributed by atoms with Gasteiger partial charge in [-0.1, -0.05) is 18.2 Å². The molecule has 2 rings (SSSR count). The SMILES string of the molecule is CC(O)c1ccccc1NC(=O)C1(C)COCC1N. The second-order valence-electron chi connectivity index (χ2n) is 5.26. The van der Waals surface area contributed by atoms with Crippen LogP contribution in [-0.2, 0) is 9.53 Å². The number of hydrogen-bond donors (Lipinski definition) is 3. The van der Waals surface area contributed by atoms with E-state index in [2.05, 4.69) is 5.32 Å². The van der Waals surface area contributed by atoms with Crippen molar-refractivity contribution >= 4 is 11.6 Å². The maximum absolute atomic E-state index is 12.4. The molecule has 4 N–H and O–H groups in total. The summed E-state index contributed by atoms with van der Waals surface area (Å²) in [5.41, 5.74) is 6.50. The number of carbonyl (C=O) groups excluding carboxylic acids is 1. The highest BCUT2D eigenvalue weighted by Crippen LogP contribution is 2.30. The number of benzene rings is 1. The molecule has 0 bridgehead atoms. The average molecular weight is 264 g/mol. The molecule has 0 aliphatic carbocycles. The number of nitrogens with two attached hydrogens (primary N) is 1. The molecule has 3 unspecified atom stereocenters. The van der Waals surface area contributed by atoms with Crippen molar-refractivity contribution in [3.05, 3.63) is 29.8 Å². The number of para-hydroxylation sites is 1. The van der Waals surface area contributed by atoms with Gasteiger partial charge in [0.2, 0.25) is 5.91 Å². The molecular formula is C14H20N2O3. The summed E-state index contributed by atoms with van der Waals surface area (Å²) >= 11 is 0. The molecule has 1 heterocycles. The first-order valence-corrected chi connectivity index (χ1v) is 6.37. The Hall–Kier alpha value is -1.43. The predicted molar refractivity (Wildman–Crippen MR) is 72.6 cm³/mol. The molecule has 5 heteroatoms. The smallest absolute Gasteiger partial charge is 0.234 e. The normalized spacial score (nSPS) is 28.1. The summed E-state index contributed by atoms with van der Waals surface area (Å²) in [7, 11) is 0. The van der Waals surface area contributed by atoms with Crippen LogP contribution in [0.3, 0.4) is 0 Å². The molecule has 0 saturated carbocycles. The van der Waals surface area contributed by atoms with Crippen LogP contribution in [-0.4, -0.2) is 30.3 Å². The van der Waals surface area contributed by atoms with E-state index >= 15 is 0 Å². The topological polar surface area (TPSA) is 84.6 Å². The van der Waals surface area contributed by atoms with Gasteiger partial charge in [-0.25, -0.2) is 0 Å². The van der Waals surface area contributed by atoms with Crippen molar-refractivity contribution in [3.8, 4) is 0 Å². The van der Waals surface area contributed by atoms with E-state index in [-0.39, 0.29) is 11.9 Å². The summed E-state index contributed by atoms with van der Waals surface area (Å²) in [6, 6.07) is 6.88. The Labute approximate surface area is 112 Å². The lowest BCUT2D eigenvalue weighted by Crippen LogP contribution is -2.47. The Morgan fingerprint density at radius 2 is 2.26 bits per heavy atom. The van der Waals surface area contributed by atoms with E-state index in [1.54, 1.807) is 26.0 Å². The van der Waals surface area contributed by atoms with Crippen LogP contribution in [0.25, 0.3) is 0 Å². The van der Waals surface area contributed by atoms with E-state index in [1.165, 1.54) is 0 Å². The van der Waals surface area contributed by atoms with Gasteiger partial charge in [-0.3, -0.25) is 4.79 Å². The third-order valence-corrected chi connectivity index (χ3v) is 3.70. The van der Waals surface area contributed by atoms with E-state index in [4.69, 9.17) is 10.5 Å². The van der Waals surface area contributed by atoms with Crippen molar-refractivity contribution in [2.45, 2.75) is 26.0 Å². The zero-order valence-corrected chi connectivity index (χ0v) is 11.2. The highest BCUT2D eigenvalue weighted by Gasteiger charge is 2.44. The standard InChI is InChI=1S/C14H20N2O3/c1-9(17)10-5-3-4-6-11(10)16-13(18)14(2)8-19-7-12(14)15/h3-6,9,12,17H,7-8,15H2,1-2H3,(H,16,18). The molecule has 0 radical (unpaired) electrons. The summed E-state index contributed by atoms with van der Waals surface area (Å²) < 4.78 is 5.27. The third kappa shape index (κ3) is 2.63. The molecule has 104 valence electrons. The van der Waals surface area contributed by atoms with Crippen LogP contribution in [0.1, 0.15) is 25.5 Å². The van der Waals surface area contributed by atoms with Crippen molar-refractivity contribution in [3.63, 3.8) is 0 Å². The maximum Gasteiger partial charge on any atom is 0.234 e. The van der Waals surface area contributed by atoms with Crippen LogP contribution in [0.15, 0.2) is 24.3 Å². The van der Waals surface area contributed by atoms with Gasteiger partial charge in [-0.2, -0.15) is 0 Å². The Balaban J connectivity index is 2.20. The minimum Gasteiger partial charge on any atom is -0.389 e. The van der Waals surface area contributed by atoms with Crippen LogP contribution in [0.2, 0.25) is 0 Å². The van der Waals surface area contributed by atoms with Crippen LogP contribution in [0.4, 0.5) is 5.69 Å². The number of rotatable bonds is 3. The second kappa shape index (κ2) is 5.28. The predicted octanol–water partition coefficient (Wildman–Crippen LogP) is 1.04. The first kappa shape index (κ1) is 14.0. The number of anilines is 1. The largest absolute Gasteiger partial charge is 0.389 e. The number of aliphatic hydroxyl groups excluding tert-OH is 1. The Morgan fingerprint density at radius 1 is 1.58 bits per heavy atom. The lowest BCUT2D eigenvalue weighted by molar-refractivity contribution is -0.125. The fourth-order valence-corrected chi connectivity index (χ4v) is 2.16. The number of carbonyl (C=O) groups is 1. The fraction of sp³-hybridized carbons (Fsp3) is 0.500. The molecule has 1 aromatic carbocycles. The van der Waals surface area contributed by atoms with Crippen molar-refractivity contribution in [1.29, 1.82) is 0 Å². The molecular weight excluding hydrogens is 244 g/mol. The van der Waals surface area contributed by atoms with Gasteiger partial charge >= 0.3 is 0 Å². The quantitative estimate of drug-likeness (QED) is 0.761. The van der Waals surface area contributed by atoms with E-state index in [0.29, 0.717) is 24.5 Å². The van der Waals surface area contributed by atoms with Crippen LogP contribution < -0.4 is 11.1 Å². The van der Waals surface area contributed by atoms with Gasteiger partial charge < -0.3 is 20.9 Å². The van der Waals surface area contributed by atoms with Crippen molar-refractivity contribution < 1.29 is 14.6 Å². The summed E-state index contributed by atoms with van der Waals surface area (Å²) in [6.45, 7) is 4.17. The zero-order valence-electron chi connectivity index (χ0n) is 11.2. The molecule has 0 spiro atoms. The van der Waals surface area contributed by atoms with Gasteiger partial charge in [0.05, 0.1) is 24.7 Å². The third-order valence-electron chi connectivity index (χ3n) is 3.70. The number of hydrogen-bond acceptors (Lipinski definition) is 4. The van der Waals surface area contributed by atoms with Crippen molar-refractivity contribution in [1.82, 2.24) is 0 Å².